The summed E-state index contributed by atoms with van der Waals surface area (Å²) < 4.78 is 4.91. The van der Waals surface area contributed by atoms with Gasteiger partial charge < -0.3 is 4.74 Å². The van der Waals surface area contributed by atoms with Crippen LogP contribution in [0.1, 0.15) is 26.7 Å². The second-order valence-corrected chi connectivity index (χ2v) is 3.11. The highest BCUT2D eigenvalue weighted by Crippen LogP contribution is 2.05. The van der Waals surface area contributed by atoms with Gasteiger partial charge in [-0.1, -0.05) is 17.7 Å². The molecule has 2 nitrogen and oxygen atoms in total. The fraction of sp³-hybridized carbons (Fsp3) is 0.545. The predicted octanol–water partition coefficient (Wildman–Crippen LogP) is 2.50. The van der Waals surface area contributed by atoms with Gasteiger partial charge in [-0.15, -0.1) is 0 Å². The van der Waals surface area contributed by atoms with Crippen LogP contribution in [-0.4, -0.2) is 20.0 Å². The summed E-state index contributed by atoms with van der Waals surface area (Å²) in [6, 6.07) is 0. The van der Waals surface area contributed by atoms with E-state index in [9.17, 15) is 4.79 Å². The first kappa shape index (κ1) is 12.1. The summed E-state index contributed by atoms with van der Waals surface area (Å²) >= 11 is 0. The highest BCUT2D eigenvalue weighted by molar-refractivity contribution is 5.71. The Labute approximate surface area is 80.3 Å². The monoisotopic (exact) mass is 182 g/mol. The molecule has 0 aliphatic rings. The van der Waals surface area contributed by atoms with E-state index in [1.807, 2.05) is 13.0 Å². The number of carbonyl (C=O) groups excluding carboxylic acids is 1. The molecule has 0 rings (SSSR count). The van der Waals surface area contributed by atoms with Crippen LogP contribution in [0.25, 0.3) is 0 Å². The summed E-state index contributed by atoms with van der Waals surface area (Å²) in [5.41, 5.74) is 2.11. The van der Waals surface area contributed by atoms with Gasteiger partial charge in [-0.2, -0.15) is 0 Å². The lowest BCUT2D eigenvalue weighted by Crippen LogP contribution is -1.85. The van der Waals surface area contributed by atoms with Crippen molar-refractivity contribution < 1.29 is 9.53 Å². The maximum absolute atomic E-state index is 10.2. The first-order chi connectivity index (χ1) is 6.20. The summed E-state index contributed by atoms with van der Waals surface area (Å²) in [5.74, 6) is 0. The normalized spacial score (nSPS) is 13.2. The molecule has 74 valence electrons. The van der Waals surface area contributed by atoms with E-state index in [2.05, 4.69) is 13.0 Å². The molecular weight excluding hydrogens is 164 g/mol. The van der Waals surface area contributed by atoms with Crippen molar-refractivity contribution in [1.82, 2.24) is 0 Å². The van der Waals surface area contributed by atoms with Gasteiger partial charge in [0.15, 0.2) is 0 Å². The van der Waals surface area contributed by atoms with Crippen LogP contribution in [0.2, 0.25) is 0 Å². The highest BCUT2D eigenvalue weighted by Gasteiger charge is 1.89. The molecule has 0 saturated heterocycles. The molecule has 0 fully saturated rings. The second kappa shape index (κ2) is 7.74. The minimum Gasteiger partial charge on any atom is -0.381 e. The first-order valence-corrected chi connectivity index (χ1v) is 4.47. The second-order valence-electron chi connectivity index (χ2n) is 3.11. The van der Waals surface area contributed by atoms with Gasteiger partial charge in [0.1, 0.15) is 6.29 Å². The average molecular weight is 182 g/mol. The minimum absolute atomic E-state index is 0.669. The lowest BCUT2D eigenvalue weighted by molar-refractivity contribution is -0.104. The number of aldehydes is 1. The number of hydrogen-bond acceptors (Lipinski definition) is 2. The summed E-state index contributed by atoms with van der Waals surface area (Å²) in [7, 11) is 1.68. The van der Waals surface area contributed by atoms with E-state index in [4.69, 9.17) is 4.74 Å². The van der Waals surface area contributed by atoms with Gasteiger partial charge in [-0.25, -0.2) is 0 Å². The van der Waals surface area contributed by atoms with Gasteiger partial charge in [0.2, 0.25) is 0 Å². The van der Waals surface area contributed by atoms with E-state index in [1.54, 1.807) is 7.11 Å². The molecule has 0 saturated carbocycles. The quantitative estimate of drug-likeness (QED) is 0.358. The Morgan fingerprint density at radius 3 is 2.54 bits per heavy atom. The summed E-state index contributed by atoms with van der Waals surface area (Å²) in [6.45, 7) is 4.56. The minimum atomic E-state index is 0.669. The molecule has 0 atom stereocenters. The number of hydrogen-bond donors (Lipinski definition) is 0. The van der Waals surface area contributed by atoms with Crippen LogP contribution in [-0.2, 0) is 9.53 Å². The van der Waals surface area contributed by atoms with Gasteiger partial charge >= 0.3 is 0 Å². The Morgan fingerprint density at radius 2 is 2.00 bits per heavy atom. The molecule has 2 heteroatoms. The standard InChI is InChI=1S/C11H18O2/c1-10(7-8-13-3)5-4-6-11(2)9-12/h6-7,9H,4-5,8H2,1-3H3/b10-7?,11-6+. The molecule has 0 aromatic rings. The van der Waals surface area contributed by atoms with Crippen molar-refractivity contribution >= 4 is 6.29 Å². The Bertz CT molecular complexity index is 202. The van der Waals surface area contributed by atoms with Gasteiger partial charge in [-0.05, 0) is 32.3 Å². The summed E-state index contributed by atoms with van der Waals surface area (Å²) in [4.78, 5) is 10.2. The first-order valence-electron chi connectivity index (χ1n) is 4.47. The zero-order valence-corrected chi connectivity index (χ0v) is 8.67. The van der Waals surface area contributed by atoms with E-state index in [-0.39, 0.29) is 0 Å². The van der Waals surface area contributed by atoms with Gasteiger partial charge in [0.05, 0.1) is 6.61 Å². The van der Waals surface area contributed by atoms with Crippen molar-refractivity contribution in [1.29, 1.82) is 0 Å². The Morgan fingerprint density at radius 1 is 1.31 bits per heavy atom. The largest absolute Gasteiger partial charge is 0.381 e. The molecule has 13 heavy (non-hydrogen) atoms. The molecule has 0 heterocycles. The Balaban J connectivity index is 3.69. The van der Waals surface area contributed by atoms with Crippen molar-refractivity contribution in [3.63, 3.8) is 0 Å². The average Bonchev–Trinajstić information content (AvgIpc) is 2.14. The lowest BCUT2D eigenvalue weighted by Gasteiger charge is -1.97. The van der Waals surface area contributed by atoms with Crippen LogP contribution >= 0.6 is 0 Å². The van der Waals surface area contributed by atoms with E-state index in [0.717, 1.165) is 24.7 Å². The smallest absolute Gasteiger partial charge is 0.145 e. The molecule has 0 spiro atoms. The third kappa shape index (κ3) is 7.47. The van der Waals surface area contributed by atoms with Crippen molar-refractivity contribution in [3.05, 3.63) is 23.3 Å². The molecule has 0 bridgehead atoms. The number of methoxy groups -OCH3 is 1. The molecule has 0 aliphatic heterocycles. The molecule has 0 unspecified atom stereocenters. The van der Waals surface area contributed by atoms with E-state index in [0.29, 0.717) is 6.61 Å². The fourth-order valence-electron chi connectivity index (χ4n) is 0.903. The van der Waals surface area contributed by atoms with Gasteiger partial charge in [0, 0.05) is 7.11 Å². The third-order valence-corrected chi connectivity index (χ3v) is 1.79. The van der Waals surface area contributed by atoms with Crippen molar-refractivity contribution in [2.24, 2.45) is 0 Å². The summed E-state index contributed by atoms with van der Waals surface area (Å²) in [6.07, 6.45) is 6.82. The number of rotatable bonds is 6. The summed E-state index contributed by atoms with van der Waals surface area (Å²) in [5, 5.41) is 0. The molecule has 0 aromatic heterocycles. The molecular formula is C11H18O2. The predicted molar refractivity (Wildman–Crippen MR) is 54.7 cm³/mol. The van der Waals surface area contributed by atoms with Crippen molar-refractivity contribution in [3.8, 4) is 0 Å². The number of ether oxygens (including phenoxy) is 1. The van der Waals surface area contributed by atoms with E-state index < -0.39 is 0 Å². The number of allylic oxidation sites excluding steroid dienone is 3. The van der Waals surface area contributed by atoms with E-state index >= 15 is 0 Å². The fourth-order valence-corrected chi connectivity index (χ4v) is 0.903. The topological polar surface area (TPSA) is 26.3 Å². The van der Waals surface area contributed by atoms with E-state index in [1.165, 1.54) is 5.57 Å². The van der Waals surface area contributed by atoms with Gasteiger partial charge in [-0.3, -0.25) is 4.79 Å². The van der Waals surface area contributed by atoms with Crippen LogP contribution in [0.15, 0.2) is 23.3 Å². The maximum atomic E-state index is 10.2. The Kier molecular flexibility index (Phi) is 7.21. The van der Waals surface area contributed by atoms with Crippen molar-refractivity contribution in [2.75, 3.05) is 13.7 Å². The van der Waals surface area contributed by atoms with Crippen LogP contribution in [0.5, 0.6) is 0 Å². The molecule has 0 radical (unpaired) electrons. The zero-order valence-electron chi connectivity index (χ0n) is 8.67. The van der Waals surface area contributed by atoms with Crippen LogP contribution in [0, 0.1) is 0 Å². The molecule has 0 amide bonds. The Hall–Kier alpha value is -0.890. The zero-order chi connectivity index (χ0) is 10.1. The number of carbonyl (C=O) groups is 1. The third-order valence-electron chi connectivity index (χ3n) is 1.79. The molecule has 0 aliphatic carbocycles. The lowest BCUT2D eigenvalue weighted by atomic mass is 10.1. The highest BCUT2D eigenvalue weighted by atomic mass is 16.5. The molecule has 0 aromatic carbocycles. The van der Waals surface area contributed by atoms with Gasteiger partial charge in [0.25, 0.3) is 0 Å². The molecule has 0 N–H and O–H groups in total. The van der Waals surface area contributed by atoms with Crippen LogP contribution < -0.4 is 0 Å². The van der Waals surface area contributed by atoms with Crippen molar-refractivity contribution in [2.45, 2.75) is 26.7 Å². The van der Waals surface area contributed by atoms with Crippen LogP contribution in [0.4, 0.5) is 0 Å². The maximum Gasteiger partial charge on any atom is 0.145 e. The SMILES string of the molecule is COCC=C(C)CC/C=C(\C)C=O. The van der Waals surface area contributed by atoms with Crippen LogP contribution in [0.3, 0.4) is 0 Å².